The SMILES string of the molecule is CCOP(=O)(CC(=O)N(CC)CC)OCC. The fourth-order valence-corrected chi connectivity index (χ4v) is 2.94. The van der Waals surface area contributed by atoms with E-state index in [9.17, 15) is 9.36 Å². The molecule has 0 aromatic heterocycles. The maximum atomic E-state index is 12.1. The summed E-state index contributed by atoms with van der Waals surface area (Å²) in [6, 6.07) is 0. The topological polar surface area (TPSA) is 55.8 Å². The Morgan fingerprint density at radius 3 is 1.81 bits per heavy atom. The summed E-state index contributed by atoms with van der Waals surface area (Å²) in [5, 5.41) is 0. The largest absolute Gasteiger partial charge is 0.343 e. The van der Waals surface area contributed by atoms with Gasteiger partial charge in [-0.2, -0.15) is 0 Å². The Morgan fingerprint density at radius 2 is 1.50 bits per heavy atom. The van der Waals surface area contributed by atoms with Crippen LogP contribution in [0.1, 0.15) is 27.7 Å². The number of amides is 1. The van der Waals surface area contributed by atoms with E-state index in [4.69, 9.17) is 9.05 Å². The molecule has 0 spiro atoms. The Hall–Kier alpha value is -0.380. The number of carbonyl (C=O) groups is 1. The molecule has 0 saturated heterocycles. The maximum Gasteiger partial charge on any atom is 0.340 e. The van der Waals surface area contributed by atoms with Crippen molar-refractivity contribution in [2.45, 2.75) is 27.7 Å². The van der Waals surface area contributed by atoms with Gasteiger partial charge in [0.2, 0.25) is 5.91 Å². The summed E-state index contributed by atoms with van der Waals surface area (Å²) in [4.78, 5) is 13.4. The van der Waals surface area contributed by atoms with Crippen molar-refractivity contribution in [2.24, 2.45) is 0 Å². The number of hydrogen-bond acceptors (Lipinski definition) is 4. The molecule has 0 aliphatic heterocycles. The second kappa shape index (κ2) is 7.82. The fourth-order valence-electron chi connectivity index (χ4n) is 1.36. The quantitative estimate of drug-likeness (QED) is 0.620. The van der Waals surface area contributed by atoms with Crippen LogP contribution in [0.3, 0.4) is 0 Å². The molecule has 0 radical (unpaired) electrons. The van der Waals surface area contributed by atoms with Gasteiger partial charge in [0.25, 0.3) is 0 Å². The standard InChI is InChI=1S/C10H22NO4P/c1-5-11(6-2)10(12)9-16(13,14-7-3)15-8-4/h5-9H2,1-4H3. The van der Waals surface area contributed by atoms with Crippen LogP contribution in [0.15, 0.2) is 0 Å². The van der Waals surface area contributed by atoms with Gasteiger partial charge in [-0.1, -0.05) is 0 Å². The number of nitrogens with zero attached hydrogens (tertiary/aromatic N) is 1. The van der Waals surface area contributed by atoms with Crippen molar-refractivity contribution in [1.82, 2.24) is 4.90 Å². The summed E-state index contributed by atoms with van der Waals surface area (Å²) in [6.45, 7) is 9.00. The van der Waals surface area contributed by atoms with Gasteiger partial charge in [0.1, 0.15) is 6.16 Å². The van der Waals surface area contributed by atoms with Crippen molar-refractivity contribution in [2.75, 3.05) is 32.5 Å². The summed E-state index contributed by atoms with van der Waals surface area (Å²) in [6.07, 6.45) is -0.170. The monoisotopic (exact) mass is 251 g/mol. The van der Waals surface area contributed by atoms with E-state index in [1.807, 2.05) is 13.8 Å². The first kappa shape index (κ1) is 15.6. The van der Waals surface area contributed by atoms with E-state index in [1.165, 1.54) is 0 Å². The van der Waals surface area contributed by atoms with Gasteiger partial charge in [-0.25, -0.2) is 0 Å². The minimum absolute atomic E-state index is 0.170. The van der Waals surface area contributed by atoms with Gasteiger partial charge in [0, 0.05) is 13.1 Å². The highest BCUT2D eigenvalue weighted by Crippen LogP contribution is 2.47. The maximum absolute atomic E-state index is 12.1. The molecule has 1 amide bonds. The highest BCUT2D eigenvalue weighted by Gasteiger charge is 2.29. The molecule has 96 valence electrons. The number of hydrogen-bond donors (Lipinski definition) is 0. The van der Waals surface area contributed by atoms with Crippen molar-refractivity contribution in [3.8, 4) is 0 Å². The Balaban J connectivity index is 4.50. The summed E-state index contributed by atoms with van der Waals surface area (Å²) in [5.41, 5.74) is 0. The third-order valence-electron chi connectivity index (χ3n) is 2.10. The highest BCUT2D eigenvalue weighted by atomic mass is 31.2. The van der Waals surface area contributed by atoms with Crippen LogP contribution >= 0.6 is 7.60 Å². The van der Waals surface area contributed by atoms with E-state index in [0.717, 1.165) is 0 Å². The van der Waals surface area contributed by atoms with E-state index in [-0.39, 0.29) is 25.3 Å². The van der Waals surface area contributed by atoms with E-state index in [1.54, 1.807) is 18.7 Å². The molecule has 0 aliphatic rings. The molecular formula is C10H22NO4P. The molecule has 0 aromatic rings. The Morgan fingerprint density at radius 1 is 1.06 bits per heavy atom. The molecule has 0 aliphatic carbocycles. The average molecular weight is 251 g/mol. The van der Waals surface area contributed by atoms with Crippen molar-refractivity contribution < 1.29 is 18.4 Å². The summed E-state index contributed by atoms with van der Waals surface area (Å²) in [7, 11) is -3.25. The van der Waals surface area contributed by atoms with Gasteiger partial charge in [0.05, 0.1) is 13.2 Å². The molecule has 0 saturated carbocycles. The lowest BCUT2D eigenvalue weighted by Crippen LogP contribution is -2.33. The van der Waals surface area contributed by atoms with Crippen molar-refractivity contribution in [3.05, 3.63) is 0 Å². The summed E-state index contributed by atoms with van der Waals surface area (Å²) < 4.78 is 22.2. The normalized spacial score (nSPS) is 11.5. The van der Waals surface area contributed by atoms with Gasteiger partial charge in [-0.3, -0.25) is 9.36 Å². The van der Waals surface area contributed by atoms with Crippen LogP contribution in [0.2, 0.25) is 0 Å². The zero-order valence-electron chi connectivity index (χ0n) is 10.6. The van der Waals surface area contributed by atoms with Crippen molar-refractivity contribution in [3.63, 3.8) is 0 Å². The van der Waals surface area contributed by atoms with Crippen LogP contribution in [0.5, 0.6) is 0 Å². The third kappa shape index (κ3) is 5.10. The Labute approximate surface area is 97.6 Å². The smallest absolute Gasteiger partial charge is 0.340 e. The van der Waals surface area contributed by atoms with Crippen LogP contribution < -0.4 is 0 Å². The van der Waals surface area contributed by atoms with Crippen LogP contribution in [0, 0.1) is 0 Å². The molecule has 0 N–H and O–H groups in total. The fraction of sp³-hybridized carbons (Fsp3) is 0.900. The van der Waals surface area contributed by atoms with Crippen molar-refractivity contribution >= 4 is 13.5 Å². The predicted molar refractivity (Wildman–Crippen MR) is 63.7 cm³/mol. The minimum atomic E-state index is -3.25. The molecule has 0 bridgehead atoms. The molecule has 5 nitrogen and oxygen atoms in total. The molecule has 0 fully saturated rings. The summed E-state index contributed by atoms with van der Waals surface area (Å²) >= 11 is 0. The lowest BCUT2D eigenvalue weighted by molar-refractivity contribution is -0.128. The van der Waals surface area contributed by atoms with Gasteiger partial charge in [-0.05, 0) is 27.7 Å². The lowest BCUT2D eigenvalue weighted by atomic mass is 10.5. The first-order valence-corrected chi connectivity index (χ1v) is 7.41. The van der Waals surface area contributed by atoms with Gasteiger partial charge in [-0.15, -0.1) is 0 Å². The number of carbonyl (C=O) groups excluding carboxylic acids is 1. The second-order valence-corrected chi connectivity index (χ2v) is 5.23. The zero-order valence-corrected chi connectivity index (χ0v) is 11.5. The molecule has 0 aromatic carbocycles. The minimum Gasteiger partial charge on any atom is -0.343 e. The molecule has 0 atom stereocenters. The van der Waals surface area contributed by atoms with Crippen LogP contribution in [0.4, 0.5) is 0 Å². The second-order valence-electron chi connectivity index (χ2n) is 3.17. The highest BCUT2D eigenvalue weighted by molar-refractivity contribution is 7.54. The van der Waals surface area contributed by atoms with E-state index < -0.39 is 7.60 Å². The van der Waals surface area contributed by atoms with Crippen LogP contribution in [0.25, 0.3) is 0 Å². The van der Waals surface area contributed by atoms with E-state index in [2.05, 4.69) is 0 Å². The van der Waals surface area contributed by atoms with Crippen molar-refractivity contribution in [1.29, 1.82) is 0 Å². The first-order chi connectivity index (χ1) is 7.52. The van der Waals surface area contributed by atoms with Gasteiger partial charge >= 0.3 is 7.60 Å². The molecule has 16 heavy (non-hydrogen) atoms. The Bertz CT molecular complexity index is 243. The van der Waals surface area contributed by atoms with E-state index >= 15 is 0 Å². The molecule has 0 rings (SSSR count). The van der Waals surface area contributed by atoms with Crippen LogP contribution in [-0.4, -0.2) is 43.3 Å². The number of rotatable bonds is 8. The zero-order chi connectivity index (χ0) is 12.6. The third-order valence-corrected chi connectivity index (χ3v) is 4.06. The average Bonchev–Trinajstić information content (AvgIpc) is 2.19. The van der Waals surface area contributed by atoms with Crippen LogP contribution in [-0.2, 0) is 18.4 Å². The lowest BCUT2D eigenvalue weighted by Gasteiger charge is -2.22. The summed E-state index contributed by atoms with van der Waals surface area (Å²) in [5.74, 6) is -0.185. The van der Waals surface area contributed by atoms with Gasteiger partial charge in [0.15, 0.2) is 0 Å². The first-order valence-electron chi connectivity index (χ1n) is 5.68. The Kier molecular flexibility index (Phi) is 7.64. The molecule has 0 heterocycles. The van der Waals surface area contributed by atoms with E-state index in [0.29, 0.717) is 13.1 Å². The molecule has 0 unspecified atom stereocenters. The molecule has 6 heteroatoms. The predicted octanol–water partition coefficient (Wildman–Crippen LogP) is 2.12. The molecular weight excluding hydrogens is 229 g/mol. The van der Waals surface area contributed by atoms with Gasteiger partial charge < -0.3 is 13.9 Å².